The van der Waals surface area contributed by atoms with E-state index in [9.17, 15) is 0 Å². The second-order valence-electron chi connectivity index (χ2n) is 13.4. The van der Waals surface area contributed by atoms with E-state index in [0.717, 1.165) is 22.7 Å². The van der Waals surface area contributed by atoms with E-state index in [0.29, 0.717) is 0 Å². The number of fused-ring (bicyclic) bond motifs is 5. The Balaban J connectivity index is 1.17. The van der Waals surface area contributed by atoms with Crippen LogP contribution in [0.2, 0.25) is 0 Å². The molecule has 0 saturated heterocycles. The zero-order chi connectivity index (χ0) is 34.4. The smallest absolute Gasteiger partial charge is 0.0619 e. The summed E-state index contributed by atoms with van der Waals surface area (Å²) >= 11 is 0. The maximum absolute atomic E-state index is 2.45. The van der Waals surface area contributed by atoms with Gasteiger partial charge in [0.2, 0.25) is 0 Å². The molecule has 0 aliphatic rings. The molecule has 0 bridgehead atoms. The number of aromatic nitrogens is 1. The lowest BCUT2D eigenvalue weighted by Gasteiger charge is -2.28. The van der Waals surface area contributed by atoms with Crippen molar-refractivity contribution in [1.29, 1.82) is 0 Å². The van der Waals surface area contributed by atoms with Gasteiger partial charge in [-0.3, -0.25) is 0 Å². The lowest BCUT2D eigenvalue weighted by atomic mass is 10.0. The first-order valence-electron chi connectivity index (χ1n) is 17.9. The number of anilines is 3. The minimum absolute atomic E-state index is 1.09. The summed E-state index contributed by atoms with van der Waals surface area (Å²) < 4.78 is 2.45. The van der Waals surface area contributed by atoms with E-state index in [-0.39, 0.29) is 0 Å². The van der Waals surface area contributed by atoms with E-state index in [2.05, 4.69) is 216 Å². The van der Waals surface area contributed by atoms with Crippen molar-refractivity contribution in [2.75, 3.05) is 4.90 Å². The molecule has 0 N–H and O–H groups in total. The first kappa shape index (κ1) is 30.0. The molecule has 10 rings (SSSR count). The first-order chi connectivity index (χ1) is 25.8. The van der Waals surface area contributed by atoms with Crippen molar-refractivity contribution in [2.24, 2.45) is 0 Å². The molecule has 2 nitrogen and oxygen atoms in total. The molecule has 244 valence electrons. The third-order valence-corrected chi connectivity index (χ3v) is 10.3. The average Bonchev–Trinajstić information content (AvgIpc) is 3.56. The first-order valence-corrected chi connectivity index (χ1v) is 17.9. The zero-order valence-corrected chi connectivity index (χ0v) is 28.5. The zero-order valence-electron chi connectivity index (χ0n) is 28.5. The Kier molecular flexibility index (Phi) is 7.18. The number of para-hydroxylation sites is 2. The molecular formula is C50H34N2. The quantitative estimate of drug-likeness (QED) is 0.172. The molecule has 9 aromatic carbocycles. The van der Waals surface area contributed by atoms with Gasteiger partial charge < -0.3 is 9.47 Å². The largest absolute Gasteiger partial charge is 0.310 e. The fourth-order valence-electron chi connectivity index (χ4n) is 7.91. The molecule has 0 unspecified atom stereocenters. The highest BCUT2D eigenvalue weighted by molar-refractivity contribution is 6.14. The maximum Gasteiger partial charge on any atom is 0.0619 e. The molecule has 0 aliphatic carbocycles. The van der Waals surface area contributed by atoms with E-state index >= 15 is 0 Å². The van der Waals surface area contributed by atoms with Gasteiger partial charge >= 0.3 is 0 Å². The van der Waals surface area contributed by atoms with Gasteiger partial charge in [-0.15, -0.1) is 0 Å². The van der Waals surface area contributed by atoms with E-state index < -0.39 is 0 Å². The van der Waals surface area contributed by atoms with Crippen LogP contribution in [-0.2, 0) is 0 Å². The Hall–Kier alpha value is -6.90. The normalized spacial score (nSPS) is 11.5. The standard InChI is InChI=1S/C50H34N2/c1-2-14-38(15-3-1)45-23-12-24-47-46-22-8-9-25-49(46)52(50(45)47)43-20-11-19-42(34-43)51(48-26-10-18-37-16-6-7-21-44(37)48)41-31-29-36(30-32-41)40-28-27-35-13-4-5-17-39(35)33-40/h1-34H. The van der Waals surface area contributed by atoms with E-state index in [1.54, 1.807) is 0 Å². The lowest BCUT2D eigenvalue weighted by molar-refractivity contribution is 1.17. The molecule has 1 aromatic heterocycles. The highest BCUT2D eigenvalue weighted by atomic mass is 15.1. The average molecular weight is 663 g/mol. The summed E-state index contributed by atoms with van der Waals surface area (Å²) in [5, 5.41) is 7.41. The van der Waals surface area contributed by atoms with Crippen LogP contribution in [-0.4, -0.2) is 4.57 Å². The number of nitrogens with zero attached hydrogens (tertiary/aromatic N) is 2. The van der Waals surface area contributed by atoms with Crippen LogP contribution in [0, 0.1) is 0 Å². The third-order valence-electron chi connectivity index (χ3n) is 10.3. The summed E-state index contributed by atoms with van der Waals surface area (Å²) in [6.45, 7) is 0. The predicted molar refractivity (Wildman–Crippen MR) is 221 cm³/mol. The van der Waals surface area contributed by atoms with Gasteiger partial charge in [-0.2, -0.15) is 0 Å². The van der Waals surface area contributed by atoms with Crippen molar-refractivity contribution in [2.45, 2.75) is 0 Å². The lowest BCUT2D eigenvalue weighted by Crippen LogP contribution is -2.11. The van der Waals surface area contributed by atoms with Crippen LogP contribution in [0.1, 0.15) is 0 Å². The van der Waals surface area contributed by atoms with Gasteiger partial charge in [-0.05, 0) is 81.4 Å². The summed E-state index contributed by atoms with van der Waals surface area (Å²) in [7, 11) is 0. The van der Waals surface area contributed by atoms with Crippen LogP contribution in [0.15, 0.2) is 206 Å². The Labute approximate surface area is 303 Å². The Morgan fingerprint density at radius 3 is 1.87 bits per heavy atom. The van der Waals surface area contributed by atoms with E-state index in [1.165, 1.54) is 65.6 Å². The van der Waals surface area contributed by atoms with Gasteiger partial charge in [0.25, 0.3) is 0 Å². The monoisotopic (exact) mass is 662 g/mol. The minimum Gasteiger partial charge on any atom is -0.310 e. The van der Waals surface area contributed by atoms with Gasteiger partial charge in [-0.1, -0.05) is 158 Å². The molecule has 0 spiro atoms. The molecular weight excluding hydrogens is 629 g/mol. The summed E-state index contributed by atoms with van der Waals surface area (Å²) in [5.41, 5.74) is 11.7. The van der Waals surface area contributed by atoms with Gasteiger partial charge in [-0.25, -0.2) is 0 Å². The van der Waals surface area contributed by atoms with Crippen molar-refractivity contribution >= 4 is 60.4 Å². The highest BCUT2D eigenvalue weighted by Crippen LogP contribution is 2.42. The van der Waals surface area contributed by atoms with Gasteiger partial charge in [0.1, 0.15) is 0 Å². The summed E-state index contributed by atoms with van der Waals surface area (Å²) in [4.78, 5) is 2.40. The minimum atomic E-state index is 1.09. The van der Waals surface area contributed by atoms with E-state index in [4.69, 9.17) is 0 Å². The van der Waals surface area contributed by atoms with Crippen molar-refractivity contribution in [3.63, 3.8) is 0 Å². The summed E-state index contributed by atoms with van der Waals surface area (Å²) in [6, 6.07) is 74.7. The molecule has 0 saturated carbocycles. The van der Waals surface area contributed by atoms with Crippen LogP contribution in [0.4, 0.5) is 17.1 Å². The van der Waals surface area contributed by atoms with Crippen LogP contribution in [0.25, 0.3) is 71.3 Å². The fraction of sp³-hybridized carbons (Fsp3) is 0. The SMILES string of the molecule is c1ccc(-c2cccc3c4ccccc4n(-c4cccc(N(c5ccc(-c6ccc7ccccc7c6)cc5)c5cccc6ccccc56)c4)c23)cc1. The van der Waals surface area contributed by atoms with Crippen molar-refractivity contribution in [3.05, 3.63) is 206 Å². The molecule has 0 amide bonds. The topological polar surface area (TPSA) is 8.17 Å². The molecule has 0 atom stereocenters. The van der Waals surface area contributed by atoms with Crippen molar-refractivity contribution < 1.29 is 0 Å². The molecule has 10 aromatic rings. The molecule has 1 heterocycles. The number of hydrogen-bond donors (Lipinski definition) is 0. The van der Waals surface area contributed by atoms with Crippen LogP contribution < -0.4 is 4.90 Å². The second kappa shape index (κ2) is 12.5. The van der Waals surface area contributed by atoms with Crippen LogP contribution >= 0.6 is 0 Å². The van der Waals surface area contributed by atoms with Gasteiger partial charge in [0, 0.05) is 38.8 Å². The summed E-state index contributed by atoms with van der Waals surface area (Å²) in [6.07, 6.45) is 0. The molecule has 0 radical (unpaired) electrons. The number of rotatable bonds is 6. The Bertz CT molecular complexity index is 2900. The van der Waals surface area contributed by atoms with Crippen LogP contribution in [0.5, 0.6) is 0 Å². The second-order valence-corrected chi connectivity index (χ2v) is 13.4. The fourth-order valence-corrected chi connectivity index (χ4v) is 7.91. The van der Waals surface area contributed by atoms with Gasteiger partial charge in [0.05, 0.1) is 16.7 Å². The molecule has 52 heavy (non-hydrogen) atoms. The van der Waals surface area contributed by atoms with Gasteiger partial charge in [0.15, 0.2) is 0 Å². The molecule has 0 aliphatic heterocycles. The Morgan fingerprint density at radius 2 is 1.00 bits per heavy atom. The molecule has 2 heteroatoms. The maximum atomic E-state index is 2.45. The number of benzene rings is 9. The molecule has 0 fully saturated rings. The Morgan fingerprint density at radius 1 is 0.346 bits per heavy atom. The number of hydrogen-bond acceptors (Lipinski definition) is 1. The highest BCUT2D eigenvalue weighted by Gasteiger charge is 2.19. The third kappa shape index (κ3) is 5.04. The predicted octanol–water partition coefficient (Wildman–Crippen LogP) is 13.9. The summed E-state index contributed by atoms with van der Waals surface area (Å²) in [5.74, 6) is 0. The van der Waals surface area contributed by atoms with Crippen molar-refractivity contribution in [3.8, 4) is 27.9 Å². The van der Waals surface area contributed by atoms with Crippen molar-refractivity contribution in [1.82, 2.24) is 4.57 Å². The van der Waals surface area contributed by atoms with Crippen LogP contribution in [0.3, 0.4) is 0 Å². The van der Waals surface area contributed by atoms with E-state index in [1.807, 2.05) is 0 Å².